The number of ketones is 1. The van der Waals surface area contributed by atoms with Crippen LogP contribution in [0.2, 0.25) is 5.02 Å². The normalized spacial score (nSPS) is 11.6. The molecule has 2 N–H and O–H groups in total. The fourth-order valence-corrected chi connectivity index (χ4v) is 2.05. The highest BCUT2D eigenvalue weighted by Crippen LogP contribution is 2.27. The van der Waals surface area contributed by atoms with Crippen LogP contribution in [-0.4, -0.2) is 26.1 Å². The minimum atomic E-state index is -0.416. The number of furan rings is 1. The van der Waals surface area contributed by atoms with Gasteiger partial charge < -0.3 is 9.52 Å². The van der Waals surface area contributed by atoms with E-state index in [1.165, 1.54) is 18.7 Å². The molecule has 3 aromatic rings. The maximum absolute atomic E-state index is 12.3. The Morgan fingerprint density at radius 2 is 2.05 bits per heavy atom. The van der Waals surface area contributed by atoms with Crippen molar-refractivity contribution in [3.63, 3.8) is 0 Å². The molecule has 22 heavy (non-hydrogen) atoms. The molecule has 0 bridgehead atoms. The van der Waals surface area contributed by atoms with E-state index in [4.69, 9.17) is 16.0 Å². The van der Waals surface area contributed by atoms with Crippen LogP contribution in [-0.2, 0) is 0 Å². The average Bonchev–Trinajstić information content (AvgIpc) is 3.19. The Morgan fingerprint density at radius 3 is 2.73 bits per heavy atom. The summed E-state index contributed by atoms with van der Waals surface area (Å²) in [6.07, 6.45) is 3.77. The number of benzene rings is 1. The van der Waals surface area contributed by atoms with E-state index in [0.29, 0.717) is 21.9 Å². The van der Waals surface area contributed by atoms with Crippen molar-refractivity contribution >= 4 is 23.1 Å². The maximum atomic E-state index is 12.3. The summed E-state index contributed by atoms with van der Waals surface area (Å²) in [5.41, 5.74) is 1.04. The Hall–Kier alpha value is -2.86. The summed E-state index contributed by atoms with van der Waals surface area (Å²) in [7, 11) is 0. The third-order valence-electron chi connectivity index (χ3n) is 2.95. The van der Waals surface area contributed by atoms with E-state index < -0.39 is 5.78 Å². The Balaban J connectivity index is 1.93. The molecule has 0 saturated carbocycles. The summed E-state index contributed by atoms with van der Waals surface area (Å²) in [5, 5.41) is 16.6. The van der Waals surface area contributed by atoms with Gasteiger partial charge in [0, 0.05) is 16.7 Å². The van der Waals surface area contributed by atoms with Crippen LogP contribution in [0.3, 0.4) is 0 Å². The van der Waals surface area contributed by atoms with Crippen LogP contribution < -0.4 is 0 Å². The molecule has 0 saturated heterocycles. The number of nitrogens with zero attached hydrogens (tertiary/aromatic N) is 2. The van der Waals surface area contributed by atoms with Gasteiger partial charge in [-0.15, -0.1) is 0 Å². The molecule has 6 nitrogen and oxygen atoms in total. The zero-order chi connectivity index (χ0) is 15.5. The van der Waals surface area contributed by atoms with E-state index in [-0.39, 0.29) is 11.6 Å². The summed E-state index contributed by atoms with van der Waals surface area (Å²) < 4.78 is 5.37. The quantitative estimate of drug-likeness (QED) is 0.437. The number of halogens is 1. The van der Waals surface area contributed by atoms with Crippen molar-refractivity contribution in [2.24, 2.45) is 0 Å². The van der Waals surface area contributed by atoms with E-state index in [1.807, 2.05) is 0 Å². The highest BCUT2D eigenvalue weighted by molar-refractivity contribution is 6.30. The second-order valence-corrected chi connectivity index (χ2v) is 4.82. The molecule has 0 spiro atoms. The Kier molecular flexibility index (Phi) is 3.76. The van der Waals surface area contributed by atoms with Crippen LogP contribution in [0, 0.1) is 0 Å². The standard InChI is InChI=1S/C15H10ClN3O3/c16-10-3-1-9(2-4-10)14-11(5-6-22-14)12(20)7-13(21)15-17-8-18-19-15/h1-8,21H,(H,17,18,19). The first-order valence-corrected chi connectivity index (χ1v) is 6.67. The lowest BCUT2D eigenvalue weighted by atomic mass is 10.1. The summed E-state index contributed by atoms with van der Waals surface area (Å²) in [5.74, 6) is -0.291. The first-order valence-electron chi connectivity index (χ1n) is 6.29. The molecule has 0 radical (unpaired) electrons. The minimum absolute atomic E-state index is 0.0462. The van der Waals surface area contributed by atoms with Crippen molar-refractivity contribution in [2.75, 3.05) is 0 Å². The predicted octanol–water partition coefficient (Wildman–Crippen LogP) is 3.50. The van der Waals surface area contributed by atoms with Gasteiger partial charge in [0.15, 0.2) is 11.5 Å². The van der Waals surface area contributed by atoms with Crippen LogP contribution in [0.15, 0.2) is 53.4 Å². The third-order valence-corrected chi connectivity index (χ3v) is 3.20. The van der Waals surface area contributed by atoms with E-state index >= 15 is 0 Å². The molecule has 110 valence electrons. The number of hydrogen-bond acceptors (Lipinski definition) is 5. The highest BCUT2D eigenvalue weighted by atomic mass is 35.5. The molecule has 7 heteroatoms. The molecule has 0 aliphatic carbocycles. The van der Waals surface area contributed by atoms with Crippen LogP contribution in [0.25, 0.3) is 17.1 Å². The largest absolute Gasteiger partial charge is 0.504 e. The Morgan fingerprint density at radius 1 is 1.27 bits per heavy atom. The van der Waals surface area contributed by atoms with Crippen LogP contribution >= 0.6 is 11.6 Å². The Labute approximate surface area is 130 Å². The smallest absolute Gasteiger partial charge is 0.215 e. The second-order valence-electron chi connectivity index (χ2n) is 4.39. The number of rotatable bonds is 4. The van der Waals surface area contributed by atoms with E-state index in [2.05, 4.69) is 15.2 Å². The lowest BCUT2D eigenvalue weighted by Crippen LogP contribution is -1.98. The predicted molar refractivity (Wildman–Crippen MR) is 80.5 cm³/mol. The van der Waals surface area contributed by atoms with Crippen molar-refractivity contribution < 1.29 is 14.3 Å². The molecule has 0 fully saturated rings. The number of aromatic nitrogens is 3. The first kappa shape index (κ1) is 14.1. The van der Waals surface area contributed by atoms with Gasteiger partial charge >= 0.3 is 0 Å². The van der Waals surface area contributed by atoms with Crippen LogP contribution in [0.4, 0.5) is 0 Å². The molecular formula is C15H10ClN3O3. The molecule has 0 aliphatic rings. The summed E-state index contributed by atoms with van der Waals surface area (Å²) in [6, 6.07) is 8.44. The number of allylic oxidation sites excluding steroid dienone is 1. The molecule has 0 atom stereocenters. The number of hydrogen-bond donors (Lipinski definition) is 2. The van der Waals surface area contributed by atoms with Crippen molar-refractivity contribution in [3.05, 3.63) is 65.4 Å². The number of aromatic amines is 1. The molecular weight excluding hydrogens is 306 g/mol. The zero-order valence-corrected chi connectivity index (χ0v) is 11.9. The molecule has 3 rings (SSSR count). The van der Waals surface area contributed by atoms with Crippen molar-refractivity contribution in [1.29, 1.82) is 0 Å². The van der Waals surface area contributed by atoms with Crippen LogP contribution in [0.1, 0.15) is 16.2 Å². The highest BCUT2D eigenvalue weighted by Gasteiger charge is 2.16. The minimum Gasteiger partial charge on any atom is -0.504 e. The molecule has 0 aliphatic heterocycles. The number of nitrogens with one attached hydrogen (secondary N) is 1. The van der Waals surface area contributed by atoms with Gasteiger partial charge in [-0.25, -0.2) is 4.98 Å². The van der Waals surface area contributed by atoms with Gasteiger partial charge in [0.05, 0.1) is 11.8 Å². The number of H-pyrrole nitrogens is 1. The average molecular weight is 316 g/mol. The fourth-order valence-electron chi connectivity index (χ4n) is 1.93. The Bertz CT molecular complexity index is 820. The van der Waals surface area contributed by atoms with Crippen molar-refractivity contribution in [3.8, 4) is 11.3 Å². The summed E-state index contributed by atoms with van der Waals surface area (Å²) in [4.78, 5) is 16.0. The first-order chi connectivity index (χ1) is 10.6. The molecule has 0 unspecified atom stereocenters. The van der Waals surface area contributed by atoms with Gasteiger partial charge in [-0.05, 0) is 30.3 Å². The molecule has 1 aromatic carbocycles. The SMILES string of the molecule is O=C(C=C(O)c1nc[nH]n1)c1ccoc1-c1ccc(Cl)cc1. The molecule has 0 amide bonds. The van der Waals surface area contributed by atoms with Crippen LogP contribution in [0.5, 0.6) is 0 Å². The van der Waals surface area contributed by atoms with Gasteiger partial charge in [-0.3, -0.25) is 9.89 Å². The molecule has 2 heterocycles. The van der Waals surface area contributed by atoms with E-state index in [1.54, 1.807) is 24.3 Å². The summed E-state index contributed by atoms with van der Waals surface area (Å²) >= 11 is 5.84. The number of aliphatic hydroxyl groups excluding tert-OH is 1. The fraction of sp³-hybridized carbons (Fsp3) is 0. The van der Waals surface area contributed by atoms with Gasteiger partial charge in [0.1, 0.15) is 12.1 Å². The van der Waals surface area contributed by atoms with Crippen molar-refractivity contribution in [1.82, 2.24) is 15.2 Å². The van der Waals surface area contributed by atoms with E-state index in [9.17, 15) is 9.90 Å². The zero-order valence-electron chi connectivity index (χ0n) is 11.2. The van der Waals surface area contributed by atoms with Gasteiger partial charge in [0.25, 0.3) is 0 Å². The number of aliphatic hydroxyl groups is 1. The number of carbonyl (C=O) groups excluding carboxylic acids is 1. The maximum Gasteiger partial charge on any atom is 0.215 e. The summed E-state index contributed by atoms with van der Waals surface area (Å²) in [6.45, 7) is 0. The lowest BCUT2D eigenvalue weighted by Gasteiger charge is -2.01. The van der Waals surface area contributed by atoms with Gasteiger partial charge in [0.2, 0.25) is 5.82 Å². The van der Waals surface area contributed by atoms with Gasteiger partial charge in [-0.2, -0.15) is 5.10 Å². The third kappa shape index (κ3) is 2.77. The topological polar surface area (TPSA) is 92.0 Å². The second kappa shape index (κ2) is 5.87. The number of carbonyl (C=O) groups is 1. The molecule has 2 aromatic heterocycles. The van der Waals surface area contributed by atoms with Gasteiger partial charge in [-0.1, -0.05) is 11.6 Å². The van der Waals surface area contributed by atoms with E-state index in [0.717, 1.165) is 6.08 Å². The monoisotopic (exact) mass is 315 g/mol. The van der Waals surface area contributed by atoms with Crippen molar-refractivity contribution in [2.45, 2.75) is 0 Å². The lowest BCUT2D eigenvalue weighted by molar-refractivity contribution is 0.104.